The van der Waals surface area contributed by atoms with E-state index < -0.39 is 0 Å². The lowest BCUT2D eigenvalue weighted by Crippen LogP contribution is -1.97. The predicted octanol–water partition coefficient (Wildman–Crippen LogP) is 7.53. The summed E-state index contributed by atoms with van der Waals surface area (Å²) < 4.78 is 11.4. The highest BCUT2D eigenvalue weighted by Crippen LogP contribution is 2.27. The molecule has 0 saturated heterocycles. The third-order valence-electron chi connectivity index (χ3n) is 4.99. The number of unbranched alkanes of at least 4 members (excludes halogenated alkanes) is 7. The Kier molecular flexibility index (Phi) is 8.17. The summed E-state index contributed by atoms with van der Waals surface area (Å²) in [4.78, 5) is 0. The van der Waals surface area contributed by atoms with E-state index in [1.165, 1.54) is 44.9 Å². The molecule has 0 radical (unpaired) electrons. The van der Waals surface area contributed by atoms with Gasteiger partial charge in [-0.3, -0.25) is 0 Å². The van der Waals surface area contributed by atoms with Crippen LogP contribution in [0.3, 0.4) is 0 Å². The summed E-state index contributed by atoms with van der Waals surface area (Å²) in [5.41, 5.74) is 2.91. The van der Waals surface area contributed by atoms with E-state index in [1.54, 1.807) is 0 Å². The fourth-order valence-corrected chi connectivity index (χ4v) is 3.30. The predicted molar refractivity (Wildman–Crippen MR) is 115 cm³/mol. The zero-order valence-corrected chi connectivity index (χ0v) is 16.9. The van der Waals surface area contributed by atoms with Crippen molar-refractivity contribution in [2.45, 2.75) is 58.3 Å². The van der Waals surface area contributed by atoms with E-state index in [4.69, 9.17) is 9.26 Å². The topological polar surface area (TPSA) is 35.3 Å². The van der Waals surface area contributed by atoms with Crippen molar-refractivity contribution in [3.63, 3.8) is 0 Å². The van der Waals surface area contributed by atoms with E-state index >= 15 is 0 Å². The van der Waals surface area contributed by atoms with Crippen LogP contribution >= 0.6 is 0 Å². The Hall–Kier alpha value is -2.55. The number of aromatic nitrogens is 1. The summed E-state index contributed by atoms with van der Waals surface area (Å²) in [6, 6.07) is 20.1. The average molecular weight is 378 g/mol. The number of ether oxygens (including phenoxy) is 1. The molecule has 3 heteroatoms. The zero-order valence-electron chi connectivity index (χ0n) is 16.9. The largest absolute Gasteiger partial charge is 0.494 e. The van der Waals surface area contributed by atoms with Gasteiger partial charge in [0.25, 0.3) is 0 Å². The van der Waals surface area contributed by atoms with Crippen LogP contribution in [0.25, 0.3) is 22.6 Å². The molecule has 148 valence electrons. The fraction of sp³-hybridized carbons (Fsp3) is 0.400. The van der Waals surface area contributed by atoms with Gasteiger partial charge in [-0.2, -0.15) is 0 Å². The number of hydrogen-bond donors (Lipinski definition) is 0. The standard InChI is InChI=1S/C25H31NO2/c1-2-3-4-5-6-7-8-12-19-27-23-17-15-21(16-18-23)24-20-25(28-26-24)22-13-10-9-11-14-22/h9-11,13-18,20H,2-8,12,19H2,1H3. The van der Waals surface area contributed by atoms with Crippen molar-refractivity contribution in [3.05, 3.63) is 60.7 Å². The second-order valence-corrected chi connectivity index (χ2v) is 7.29. The second kappa shape index (κ2) is 11.3. The van der Waals surface area contributed by atoms with Crippen LogP contribution in [0.1, 0.15) is 58.3 Å². The lowest BCUT2D eigenvalue weighted by atomic mass is 10.1. The summed E-state index contributed by atoms with van der Waals surface area (Å²) >= 11 is 0. The molecule has 1 aromatic heterocycles. The van der Waals surface area contributed by atoms with Crippen molar-refractivity contribution < 1.29 is 9.26 Å². The van der Waals surface area contributed by atoms with Crippen molar-refractivity contribution in [1.29, 1.82) is 0 Å². The Balaban J connectivity index is 1.40. The molecule has 3 rings (SSSR count). The Morgan fingerprint density at radius 2 is 1.43 bits per heavy atom. The highest BCUT2D eigenvalue weighted by Gasteiger charge is 2.08. The molecule has 0 unspecified atom stereocenters. The third-order valence-corrected chi connectivity index (χ3v) is 4.99. The number of rotatable bonds is 12. The molecule has 0 atom stereocenters. The number of benzene rings is 2. The fourth-order valence-electron chi connectivity index (χ4n) is 3.30. The summed E-state index contributed by atoms with van der Waals surface area (Å²) in [6.45, 7) is 3.05. The van der Waals surface area contributed by atoms with Crippen LogP contribution in [0.4, 0.5) is 0 Å². The van der Waals surface area contributed by atoms with Crippen LogP contribution in [-0.4, -0.2) is 11.8 Å². The minimum absolute atomic E-state index is 0.783. The molecule has 0 saturated carbocycles. The van der Waals surface area contributed by atoms with Crippen LogP contribution in [-0.2, 0) is 0 Å². The smallest absolute Gasteiger partial charge is 0.167 e. The summed E-state index contributed by atoms with van der Waals surface area (Å²) in [7, 11) is 0. The molecule has 0 amide bonds. The van der Waals surface area contributed by atoms with E-state index in [9.17, 15) is 0 Å². The molecular formula is C25H31NO2. The molecule has 0 aliphatic rings. The van der Waals surface area contributed by atoms with Gasteiger partial charge in [0.15, 0.2) is 5.76 Å². The second-order valence-electron chi connectivity index (χ2n) is 7.29. The lowest BCUT2D eigenvalue weighted by molar-refractivity contribution is 0.304. The molecule has 0 fully saturated rings. The Labute approximate surface area is 168 Å². The zero-order chi connectivity index (χ0) is 19.4. The van der Waals surface area contributed by atoms with Crippen LogP contribution < -0.4 is 4.74 Å². The lowest BCUT2D eigenvalue weighted by Gasteiger charge is -2.06. The molecule has 0 aliphatic carbocycles. The molecule has 1 heterocycles. The van der Waals surface area contributed by atoms with Gasteiger partial charge in [0.2, 0.25) is 0 Å². The van der Waals surface area contributed by atoms with Gasteiger partial charge < -0.3 is 9.26 Å². The van der Waals surface area contributed by atoms with E-state index in [2.05, 4.69) is 12.1 Å². The Morgan fingerprint density at radius 1 is 0.750 bits per heavy atom. The number of hydrogen-bond acceptors (Lipinski definition) is 3. The van der Waals surface area contributed by atoms with Gasteiger partial charge >= 0.3 is 0 Å². The van der Waals surface area contributed by atoms with Crippen LogP contribution in [0.5, 0.6) is 5.75 Å². The van der Waals surface area contributed by atoms with E-state index in [1.807, 2.05) is 60.7 Å². The maximum absolute atomic E-state index is 5.87. The molecular weight excluding hydrogens is 346 g/mol. The minimum atomic E-state index is 0.783. The third kappa shape index (κ3) is 6.26. The van der Waals surface area contributed by atoms with Crippen LogP contribution in [0.15, 0.2) is 65.2 Å². The Morgan fingerprint density at radius 3 is 2.14 bits per heavy atom. The van der Waals surface area contributed by atoms with Crippen molar-refractivity contribution in [2.75, 3.05) is 6.61 Å². The van der Waals surface area contributed by atoms with Gasteiger partial charge in [0.1, 0.15) is 11.4 Å². The van der Waals surface area contributed by atoms with Crippen molar-refractivity contribution in [1.82, 2.24) is 5.16 Å². The van der Waals surface area contributed by atoms with Gasteiger partial charge in [0.05, 0.1) is 6.61 Å². The highest BCUT2D eigenvalue weighted by molar-refractivity contribution is 5.66. The highest BCUT2D eigenvalue weighted by atomic mass is 16.5. The van der Waals surface area contributed by atoms with Gasteiger partial charge in [-0.05, 0) is 30.7 Å². The summed E-state index contributed by atoms with van der Waals surface area (Å²) in [6.07, 6.45) is 10.5. The monoisotopic (exact) mass is 377 g/mol. The van der Waals surface area contributed by atoms with E-state index in [0.717, 1.165) is 41.4 Å². The molecule has 3 aromatic rings. The van der Waals surface area contributed by atoms with Gasteiger partial charge in [-0.15, -0.1) is 0 Å². The molecule has 28 heavy (non-hydrogen) atoms. The van der Waals surface area contributed by atoms with Gasteiger partial charge in [-0.1, -0.05) is 87.4 Å². The first-order chi connectivity index (χ1) is 13.9. The van der Waals surface area contributed by atoms with E-state index in [0.29, 0.717) is 0 Å². The Bertz CT molecular complexity index is 793. The maximum Gasteiger partial charge on any atom is 0.167 e. The van der Waals surface area contributed by atoms with Crippen molar-refractivity contribution in [3.8, 4) is 28.3 Å². The van der Waals surface area contributed by atoms with Gasteiger partial charge in [0, 0.05) is 17.2 Å². The summed E-state index contributed by atoms with van der Waals surface area (Å²) in [5.74, 6) is 1.70. The SMILES string of the molecule is CCCCCCCCCCOc1ccc(-c2cc(-c3ccccc3)on2)cc1. The number of nitrogens with zero attached hydrogens (tertiary/aromatic N) is 1. The molecule has 3 nitrogen and oxygen atoms in total. The quantitative estimate of drug-likeness (QED) is 0.306. The first kappa shape index (κ1) is 20.2. The van der Waals surface area contributed by atoms with Crippen molar-refractivity contribution in [2.24, 2.45) is 0 Å². The first-order valence-corrected chi connectivity index (χ1v) is 10.6. The van der Waals surface area contributed by atoms with E-state index in [-0.39, 0.29) is 0 Å². The van der Waals surface area contributed by atoms with Crippen LogP contribution in [0.2, 0.25) is 0 Å². The minimum Gasteiger partial charge on any atom is -0.494 e. The molecule has 0 N–H and O–H groups in total. The molecule has 0 aliphatic heterocycles. The normalized spacial score (nSPS) is 10.9. The molecule has 0 spiro atoms. The average Bonchev–Trinajstić information content (AvgIpc) is 3.24. The molecule has 0 bridgehead atoms. The maximum atomic E-state index is 5.87. The van der Waals surface area contributed by atoms with Crippen LogP contribution in [0, 0.1) is 0 Å². The van der Waals surface area contributed by atoms with Crippen molar-refractivity contribution >= 4 is 0 Å². The summed E-state index contributed by atoms with van der Waals surface area (Å²) in [5, 5.41) is 4.20. The molecule has 2 aromatic carbocycles. The first-order valence-electron chi connectivity index (χ1n) is 10.6. The van der Waals surface area contributed by atoms with Gasteiger partial charge in [-0.25, -0.2) is 0 Å².